The summed E-state index contributed by atoms with van der Waals surface area (Å²) >= 11 is 1.45. The van der Waals surface area contributed by atoms with E-state index in [4.69, 9.17) is 9.26 Å². The topological polar surface area (TPSA) is 108 Å². The van der Waals surface area contributed by atoms with Crippen molar-refractivity contribution in [3.8, 4) is 16.5 Å². The predicted octanol–water partition coefficient (Wildman–Crippen LogP) is 3.38. The van der Waals surface area contributed by atoms with Gasteiger partial charge in [0.05, 0.1) is 16.2 Å². The molecule has 25 heavy (non-hydrogen) atoms. The summed E-state index contributed by atoms with van der Waals surface area (Å²) in [5, 5.41) is 16.5. The molecular weight excluding hydrogens is 353 g/mol. The van der Waals surface area contributed by atoms with Crippen LogP contribution in [-0.2, 0) is 11.2 Å². The van der Waals surface area contributed by atoms with Crippen LogP contribution < -0.4 is 4.74 Å². The largest absolute Gasteiger partial charge is 0.419 e. The van der Waals surface area contributed by atoms with Crippen LogP contribution in [0.25, 0.3) is 10.7 Å². The molecule has 0 atom stereocenters. The van der Waals surface area contributed by atoms with Crippen molar-refractivity contribution in [2.24, 2.45) is 0 Å². The molecule has 128 valence electrons. The molecule has 10 heteroatoms. The molecule has 0 bridgehead atoms. The first-order valence-electron chi connectivity index (χ1n) is 7.04. The molecule has 0 aliphatic heterocycles. The maximum Gasteiger partial charge on any atom is 0.311 e. The van der Waals surface area contributed by atoms with Gasteiger partial charge in [-0.15, -0.1) is 11.3 Å². The minimum absolute atomic E-state index is 0.0975. The second-order valence-corrected chi connectivity index (χ2v) is 5.78. The Morgan fingerprint density at radius 3 is 2.96 bits per heavy atom. The zero-order valence-corrected chi connectivity index (χ0v) is 13.4. The van der Waals surface area contributed by atoms with Gasteiger partial charge in [-0.05, 0) is 17.5 Å². The first-order chi connectivity index (χ1) is 12.0. The zero-order chi connectivity index (χ0) is 17.8. The van der Waals surface area contributed by atoms with Gasteiger partial charge in [0.1, 0.15) is 5.82 Å². The number of hydrogen-bond donors (Lipinski definition) is 0. The number of aryl methyl sites for hydroxylation is 1. The van der Waals surface area contributed by atoms with Crippen molar-refractivity contribution in [3.05, 3.63) is 57.5 Å². The minimum Gasteiger partial charge on any atom is -0.419 e. The first-order valence-corrected chi connectivity index (χ1v) is 7.92. The third kappa shape index (κ3) is 4.04. The van der Waals surface area contributed by atoms with Crippen LogP contribution >= 0.6 is 11.3 Å². The van der Waals surface area contributed by atoms with E-state index in [-0.39, 0.29) is 18.7 Å². The maximum absolute atomic E-state index is 13.2. The summed E-state index contributed by atoms with van der Waals surface area (Å²) < 4.78 is 23.1. The van der Waals surface area contributed by atoms with E-state index in [0.717, 1.165) is 23.1 Å². The molecule has 0 radical (unpaired) electrons. The summed E-state index contributed by atoms with van der Waals surface area (Å²) in [5.74, 6) is -1.32. The molecule has 2 aromatic heterocycles. The highest BCUT2D eigenvalue weighted by Gasteiger charge is 2.19. The normalized spacial score (nSPS) is 10.6. The molecule has 0 spiro atoms. The molecule has 0 N–H and O–H groups in total. The van der Waals surface area contributed by atoms with Gasteiger partial charge >= 0.3 is 11.7 Å². The number of esters is 1. The Balaban J connectivity index is 1.62. The number of benzene rings is 1. The lowest BCUT2D eigenvalue weighted by Crippen LogP contribution is -2.10. The molecule has 0 fully saturated rings. The van der Waals surface area contributed by atoms with Gasteiger partial charge in [-0.25, -0.2) is 4.39 Å². The van der Waals surface area contributed by atoms with E-state index >= 15 is 0 Å². The molecule has 0 amide bonds. The van der Waals surface area contributed by atoms with E-state index < -0.39 is 28.1 Å². The number of nitrogens with zero attached hydrogens (tertiary/aromatic N) is 3. The molecule has 3 rings (SSSR count). The van der Waals surface area contributed by atoms with Gasteiger partial charge in [0.2, 0.25) is 17.5 Å². The number of nitro benzene ring substituents is 1. The van der Waals surface area contributed by atoms with Gasteiger partial charge in [0.25, 0.3) is 0 Å². The van der Waals surface area contributed by atoms with E-state index in [9.17, 15) is 19.3 Å². The number of carbonyl (C=O) groups is 1. The Labute approximate surface area is 144 Å². The molecule has 0 aliphatic rings. The number of nitro groups is 1. The summed E-state index contributed by atoms with van der Waals surface area (Å²) in [6.45, 7) is 0. The Morgan fingerprint density at radius 2 is 2.24 bits per heavy atom. The van der Waals surface area contributed by atoms with Crippen LogP contribution in [-0.4, -0.2) is 21.0 Å². The lowest BCUT2D eigenvalue weighted by molar-refractivity contribution is -0.385. The predicted molar refractivity (Wildman–Crippen MR) is 84.6 cm³/mol. The molecule has 2 heterocycles. The second kappa shape index (κ2) is 7.18. The average Bonchev–Trinajstić information content (AvgIpc) is 3.24. The number of hydrogen-bond acceptors (Lipinski definition) is 8. The number of halogens is 1. The lowest BCUT2D eigenvalue weighted by Gasteiger charge is -2.04. The number of aromatic nitrogens is 2. The third-order valence-electron chi connectivity index (χ3n) is 3.09. The SMILES string of the molecule is O=C(CCc1nc(-c2cccs2)no1)Oc1cc(F)ccc1[N+](=O)[O-]. The summed E-state index contributed by atoms with van der Waals surface area (Å²) in [5.41, 5.74) is -0.493. The van der Waals surface area contributed by atoms with Gasteiger partial charge in [0, 0.05) is 18.6 Å². The summed E-state index contributed by atoms with van der Waals surface area (Å²) in [4.78, 5) is 26.9. The quantitative estimate of drug-likeness (QED) is 0.286. The van der Waals surface area contributed by atoms with Crippen molar-refractivity contribution in [2.45, 2.75) is 12.8 Å². The number of thiophene rings is 1. The molecular formula is C15H10FN3O5S. The third-order valence-corrected chi connectivity index (χ3v) is 3.96. The van der Waals surface area contributed by atoms with Crippen LogP contribution in [0.15, 0.2) is 40.2 Å². The van der Waals surface area contributed by atoms with Gasteiger partial charge in [-0.3, -0.25) is 14.9 Å². The van der Waals surface area contributed by atoms with Crippen molar-refractivity contribution in [1.82, 2.24) is 10.1 Å². The van der Waals surface area contributed by atoms with Crippen molar-refractivity contribution in [2.75, 3.05) is 0 Å². The van der Waals surface area contributed by atoms with E-state index in [1.54, 1.807) is 0 Å². The van der Waals surface area contributed by atoms with Gasteiger partial charge in [-0.1, -0.05) is 11.2 Å². The molecule has 0 saturated heterocycles. The van der Waals surface area contributed by atoms with Crippen LogP contribution in [0.1, 0.15) is 12.3 Å². The Hall–Kier alpha value is -3.14. The fraction of sp³-hybridized carbons (Fsp3) is 0.133. The highest BCUT2D eigenvalue weighted by molar-refractivity contribution is 7.13. The second-order valence-electron chi connectivity index (χ2n) is 4.83. The van der Waals surface area contributed by atoms with Gasteiger partial charge in [-0.2, -0.15) is 4.98 Å². The smallest absolute Gasteiger partial charge is 0.311 e. The lowest BCUT2D eigenvalue weighted by atomic mass is 10.3. The Bertz CT molecular complexity index is 910. The molecule has 0 aliphatic carbocycles. The van der Waals surface area contributed by atoms with Crippen LogP contribution in [0.3, 0.4) is 0 Å². The van der Waals surface area contributed by atoms with E-state index in [1.807, 2.05) is 17.5 Å². The number of ether oxygens (including phenoxy) is 1. The number of rotatable bonds is 6. The van der Waals surface area contributed by atoms with E-state index in [1.165, 1.54) is 11.3 Å². The molecule has 0 saturated carbocycles. The molecule has 0 unspecified atom stereocenters. The Morgan fingerprint density at radius 1 is 1.40 bits per heavy atom. The summed E-state index contributed by atoms with van der Waals surface area (Å²) in [7, 11) is 0. The van der Waals surface area contributed by atoms with Crippen molar-refractivity contribution in [3.63, 3.8) is 0 Å². The van der Waals surface area contributed by atoms with Crippen LogP contribution in [0.5, 0.6) is 5.75 Å². The first kappa shape index (κ1) is 16.7. The molecule has 1 aromatic carbocycles. The zero-order valence-electron chi connectivity index (χ0n) is 12.5. The van der Waals surface area contributed by atoms with E-state index in [0.29, 0.717) is 5.82 Å². The Kier molecular flexibility index (Phi) is 4.80. The fourth-order valence-corrected chi connectivity index (χ4v) is 2.61. The van der Waals surface area contributed by atoms with Gasteiger partial charge < -0.3 is 9.26 Å². The van der Waals surface area contributed by atoms with Crippen LogP contribution in [0, 0.1) is 15.9 Å². The summed E-state index contributed by atoms with van der Waals surface area (Å²) in [6.07, 6.45) is -0.0555. The van der Waals surface area contributed by atoms with Crippen molar-refractivity contribution >= 4 is 23.0 Å². The van der Waals surface area contributed by atoms with Gasteiger partial charge in [0.15, 0.2) is 0 Å². The monoisotopic (exact) mass is 363 g/mol. The highest BCUT2D eigenvalue weighted by atomic mass is 32.1. The van der Waals surface area contributed by atoms with Crippen LogP contribution in [0.4, 0.5) is 10.1 Å². The van der Waals surface area contributed by atoms with E-state index in [2.05, 4.69) is 10.1 Å². The minimum atomic E-state index is -0.774. The van der Waals surface area contributed by atoms with Crippen molar-refractivity contribution in [1.29, 1.82) is 0 Å². The molecule has 3 aromatic rings. The van der Waals surface area contributed by atoms with Crippen molar-refractivity contribution < 1.29 is 23.4 Å². The number of carbonyl (C=O) groups excluding carboxylic acids is 1. The van der Waals surface area contributed by atoms with Crippen LogP contribution in [0.2, 0.25) is 0 Å². The maximum atomic E-state index is 13.2. The average molecular weight is 363 g/mol. The fourth-order valence-electron chi connectivity index (χ4n) is 1.97. The summed E-state index contributed by atoms with van der Waals surface area (Å²) in [6, 6.07) is 6.32. The highest BCUT2D eigenvalue weighted by Crippen LogP contribution is 2.28. The standard InChI is InChI=1S/C15H10FN3O5S/c16-9-3-4-10(19(21)22)11(8-9)23-14(20)6-5-13-17-15(18-24-13)12-2-1-7-25-12/h1-4,7-8H,5-6H2. The molecule has 8 nitrogen and oxygen atoms in total.